The Morgan fingerprint density at radius 1 is 0.473 bits per heavy atom. The summed E-state index contributed by atoms with van der Waals surface area (Å²) in [5, 5.41) is 44.7. The first-order valence-corrected chi connectivity index (χ1v) is 30.7. The average Bonchev–Trinajstić information content (AvgIpc) is 3.91. The quantitative estimate of drug-likeness (QED) is 0.0467. The Morgan fingerprint density at radius 2 is 0.838 bits per heavy atom. The molecule has 0 N–H and O–H groups in total. The number of nitriles is 4. The molecule has 2 saturated carbocycles. The van der Waals surface area contributed by atoms with Gasteiger partial charge >= 0.3 is 0 Å². The fourth-order valence-corrected chi connectivity index (χ4v) is 12.2. The van der Waals surface area contributed by atoms with Crippen LogP contribution < -0.4 is 0 Å². The molecule has 4 aromatic rings. The fourth-order valence-electron chi connectivity index (χ4n) is 7.74. The maximum atomic E-state index is 12.5. The molecule has 0 saturated heterocycles. The highest BCUT2D eigenvalue weighted by molar-refractivity contribution is 8.05. The SMILES string of the molecule is CC(C)CCC(SC#N)C(=O)c1ccc(Cl)c(Cl)c1.CSc1ccc(C(=O)C(CC(C)C)SC#N)cc1.N#CSC(C(=O)c1ccc(Cl)c(Cl)c1)C1CCC1.N#CSC(C(=O)c1ccc(Cl)c(Cl)c1)C1CCCC1. The Morgan fingerprint density at radius 3 is 1.18 bits per heavy atom. The van der Waals surface area contributed by atoms with Crippen LogP contribution in [0.5, 0.6) is 0 Å². The molecule has 0 amide bonds. The first kappa shape index (κ1) is 65.3. The second-order valence-corrected chi connectivity index (χ2v) is 25.2. The van der Waals surface area contributed by atoms with E-state index in [0.717, 1.165) is 110 Å². The molecule has 74 heavy (non-hydrogen) atoms. The van der Waals surface area contributed by atoms with Crippen molar-refractivity contribution in [2.45, 2.75) is 118 Å². The van der Waals surface area contributed by atoms with Crippen molar-refractivity contribution in [3.8, 4) is 21.6 Å². The number of hydrogen-bond acceptors (Lipinski definition) is 13. The Balaban J connectivity index is 0.000000260. The number of Topliss-reactive ketones (excluding diaryl/α,β-unsaturated/α-hetero) is 4. The molecule has 4 unspecified atom stereocenters. The van der Waals surface area contributed by atoms with Gasteiger partial charge in [0.2, 0.25) is 0 Å². The number of thiocyanates is 4. The molecule has 0 aliphatic heterocycles. The van der Waals surface area contributed by atoms with Crippen LogP contribution in [0.2, 0.25) is 30.1 Å². The van der Waals surface area contributed by atoms with Crippen molar-refractivity contribution in [3.63, 3.8) is 0 Å². The fraction of sp³-hybridized carbons (Fsp3) is 0.418. The van der Waals surface area contributed by atoms with Crippen molar-refractivity contribution in [1.29, 1.82) is 21.0 Å². The summed E-state index contributed by atoms with van der Waals surface area (Å²) < 4.78 is 0. The summed E-state index contributed by atoms with van der Waals surface area (Å²) in [6, 6.07) is 22.2. The highest BCUT2D eigenvalue weighted by atomic mass is 35.5. The van der Waals surface area contributed by atoms with E-state index in [1.54, 1.807) is 66.4 Å². The lowest BCUT2D eigenvalue weighted by atomic mass is 9.80. The van der Waals surface area contributed by atoms with E-state index in [1.807, 2.05) is 46.7 Å². The molecule has 0 bridgehead atoms. The van der Waals surface area contributed by atoms with E-state index < -0.39 is 0 Å². The van der Waals surface area contributed by atoms with Gasteiger partial charge in [-0.3, -0.25) is 19.2 Å². The van der Waals surface area contributed by atoms with Gasteiger partial charge in [-0.15, -0.1) is 11.8 Å². The normalized spacial score (nSPS) is 14.6. The van der Waals surface area contributed by atoms with E-state index in [2.05, 4.69) is 33.1 Å². The number of carbonyl (C=O) groups excluding carboxylic acids is 4. The molecule has 2 fully saturated rings. The van der Waals surface area contributed by atoms with E-state index >= 15 is 0 Å². The molecule has 2 aliphatic rings. The number of hydrogen-bond donors (Lipinski definition) is 0. The third kappa shape index (κ3) is 21.4. The van der Waals surface area contributed by atoms with Gasteiger partial charge in [-0.05, 0) is 189 Å². The standard InChI is InChI=1S/C14H13Cl2NOS.C14H15Cl2NOS.C14H17NOS2.C13H11Cl2NOS/c15-11-6-5-10(7-12(11)16)13(18)14(19-8-17)9-3-1-2-4-9;1-9(2)3-6-13(19-8-17)14(18)10-4-5-11(15)12(16)7-10;1-10(2)8-13(18-9-15)14(16)11-4-6-12(17-3)7-5-11;14-10-5-4-9(6-11(10)15)12(17)13(18-7-16)8-2-1-3-8/h5-7,9,14H,1-4H2;4-5,7,9,13H,3,6H2,1-2H3;4-7,10,13H,8H2,1-3H3;4-6,8,13H,1-3H2. The zero-order valence-corrected chi connectivity index (χ0v) is 50.0. The lowest BCUT2D eigenvalue weighted by Crippen LogP contribution is -2.31. The van der Waals surface area contributed by atoms with Crippen LogP contribution in [0.3, 0.4) is 0 Å². The van der Waals surface area contributed by atoms with E-state index in [0.29, 0.717) is 82.5 Å². The van der Waals surface area contributed by atoms with Crippen molar-refractivity contribution in [3.05, 3.63) is 131 Å². The summed E-state index contributed by atoms with van der Waals surface area (Å²) in [5.74, 6) is 1.48. The van der Waals surface area contributed by atoms with Crippen LogP contribution in [0.1, 0.15) is 133 Å². The number of nitrogens with zero attached hydrogens (tertiary/aromatic N) is 4. The van der Waals surface area contributed by atoms with Crippen molar-refractivity contribution < 1.29 is 19.2 Å². The molecule has 392 valence electrons. The molecule has 4 atom stereocenters. The number of thioether (sulfide) groups is 5. The molecule has 8 nitrogen and oxygen atoms in total. The van der Waals surface area contributed by atoms with E-state index in [4.69, 9.17) is 90.7 Å². The van der Waals surface area contributed by atoms with Crippen LogP contribution in [0.15, 0.2) is 83.8 Å². The summed E-state index contributed by atoms with van der Waals surface area (Å²) in [4.78, 5) is 50.6. The largest absolute Gasteiger partial charge is 0.293 e. The van der Waals surface area contributed by atoms with Gasteiger partial charge in [0.15, 0.2) is 23.1 Å². The first-order chi connectivity index (χ1) is 35.3. The number of halogens is 6. The topological polar surface area (TPSA) is 163 Å². The second kappa shape index (κ2) is 34.7. The van der Waals surface area contributed by atoms with Crippen molar-refractivity contribution in [1.82, 2.24) is 0 Å². The number of benzene rings is 4. The van der Waals surface area contributed by atoms with Gasteiger partial charge in [0.1, 0.15) is 21.6 Å². The van der Waals surface area contributed by atoms with Crippen molar-refractivity contribution in [2.24, 2.45) is 23.7 Å². The Kier molecular flexibility index (Phi) is 30.6. The Hall–Kier alpha value is -2.99. The minimum atomic E-state index is -0.343. The highest BCUT2D eigenvalue weighted by Crippen LogP contribution is 2.39. The smallest absolute Gasteiger partial charge is 0.177 e. The molecule has 0 radical (unpaired) electrons. The van der Waals surface area contributed by atoms with Gasteiger partial charge in [-0.2, -0.15) is 21.0 Å². The predicted octanol–water partition coefficient (Wildman–Crippen LogP) is 18.9. The molecule has 6 rings (SSSR count). The minimum absolute atomic E-state index is 0.0167. The zero-order valence-electron chi connectivity index (χ0n) is 41.4. The van der Waals surface area contributed by atoms with Gasteiger partial charge in [-0.1, -0.05) is 129 Å². The molecule has 4 aromatic carbocycles. The predicted molar refractivity (Wildman–Crippen MR) is 316 cm³/mol. The third-order valence-electron chi connectivity index (χ3n) is 11.9. The van der Waals surface area contributed by atoms with Crippen LogP contribution in [0, 0.1) is 66.3 Å². The number of rotatable bonds is 20. The van der Waals surface area contributed by atoms with Gasteiger partial charge in [0.05, 0.1) is 51.1 Å². The van der Waals surface area contributed by atoms with Crippen LogP contribution in [-0.2, 0) is 0 Å². The lowest BCUT2D eigenvalue weighted by Gasteiger charge is -2.30. The molecular formula is C55H56Cl6N4O4S5. The van der Waals surface area contributed by atoms with Crippen molar-refractivity contribution >= 4 is 152 Å². The molecule has 19 heteroatoms. The maximum absolute atomic E-state index is 12.5. The van der Waals surface area contributed by atoms with Crippen LogP contribution in [0.4, 0.5) is 0 Å². The highest BCUT2D eigenvalue weighted by Gasteiger charge is 2.35. The first-order valence-electron chi connectivity index (χ1n) is 23.6. The molecule has 0 aromatic heterocycles. The summed E-state index contributed by atoms with van der Waals surface area (Å²) in [6.07, 6.45) is 11.8. The average molecular weight is 1210 g/mol. The van der Waals surface area contributed by atoms with E-state index in [-0.39, 0.29) is 44.1 Å². The summed E-state index contributed by atoms with van der Waals surface area (Å²) >= 11 is 41.1. The molecule has 0 heterocycles. The van der Waals surface area contributed by atoms with Crippen LogP contribution in [0.25, 0.3) is 0 Å². The Bertz CT molecular complexity index is 2690. The Labute approximate surface area is 488 Å². The number of ketones is 4. The molecule has 2 aliphatic carbocycles. The van der Waals surface area contributed by atoms with Crippen LogP contribution in [-0.4, -0.2) is 50.4 Å². The maximum Gasteiger partial charge on any atom is 0.177 e. The molecule has 0 spiro atoms. The lowest BCUT2D eigenvalue weighted by molar-refractivity contribution is 0.0944. The van der Waals surface area contributed by atoms with E-state index in [1.165, 1.54) is 0 Å². The van der Waals surface area contributed by atoms with Gasteiger partial charge < -0.3 is 0 Å². The van der Waals surface area contributed by atoms with Gasteiger partial charge in [0.25, 0.3) is 0 Å². The number of carbonyl (C=O) groups is 4. The zero-order chi connectivity index (χ0) is 54.9. The van der Waals surface area contributed by atoms with Gasteiger partial charge in [0, 0.05) is 27.1 Å². The molecular weight excluding hydrogens is 1150 g/mol. The van der Waals surface area contributed by atoms with Crippen molar-refractivity contribution in [2.75, 3.05) is 6.26 Å². The summed E-state index contributed by atoms with van der Waals surface area (Å²) in [6.45, 7) is 8.32. The van der Waals surface area contributed by atoms with Gasteiger partial charge in [-0.25, -0.2) is 0 Å². The monoisotopic (exact) mass is 1210 g/mol. The van der Waals surface area contributed by atoms with Crippen LogP contribution >= 0.6 is 128 Å². The second-order valence-electron chi connectivity index (χ2n) is 18.1. The third-order valence-corrected chi connectivity index (χ3v) is 18.4. The summed E-state index contributed by atoms with van der Waals surface area (Å²) in [5.41, 5.74) is 2.27. The minimum Gasteiger partial charge on any atom is -0.293 e. The van der Waals surface area contributed by atoms with E-state index in [9.17, 15) is 19.2 Å². The summed E-state index contributed by atoms with van der Waals surface area (Å²) in [7, 11) is 0.